The van der Waals surface area contributed by atoms with Crippen molar-refractivity contribution in [3.05, 3.63) is 47.3 Å². The lowest BCUT2D eigenvalue weighted by molar-refractivity contribution is -0.139. The van der Waals surface area contributed by atoms with Crippen molar-refractivity contribution in [1.29, 1.82) is 0 Å². The Morgan fingerprint density at radius 2 is 2.00 bits per heavy atom. The molecule has 20 heavy (non-hydrogen) atoms. The number of carbonyl (C=O) groups is 1. The number of hydrogen-bond donors (Lipinski definition) is 0. The van der Waals surface area contributed by atoms with Crippen molar-refractivity contribution < 1.29 is 18.0 Å². The molecule has 0 aliphatic carbocycles. The highest BCUT2D eigenvalue weighted by Gasteiger charge is 2.34. The minimum absolute atomic E-state index is 0.0214. The lowest BCUT2D eigenvalue weighted by Crippen LogP contribution is -2.07. The van der Waals surface area contributed by atoms with Crippen LogP contribution in [-0.2, 0) is 6.18 Å². The van der Waals surface area contributed by atoms with Crippen LogP contribution in [0.1, 0.15) is 21.6 Å². The highest BCUT2D eigenvalue weighted by molar-refractivity contribution is 7.99. The van der Waals surface area contributed by atoms with Crippen molar-refractivity contribution in [1.82, 2.24) is 9.97 Å². The third-order valence-electron chi connectivity index (χ3n) is 2.42. The first kappa shape index (κ1) is 14.5. The molecule has 1 aromatic heterocycles. The van der Waals surface area contributed by atoms with Crippen molar-refractivity contribution in [2.75, 3.05) is 0 Å². The molecule has 104 valence electrons. The molecule has 7 heteroatoms. The van der Waals surface area contributed by atoms with E-state index in [1.54, 1.807) is 13.0 Å². The van der Waals surface area contributed by atoms with Crippen LogP contribution in [-0.4, -0.2) is 16.3 Å². The SMILES string of the molecule is Cc1ccnc(Sc2ccc(C=O)cc2C(F)(F)F)n1. The molecule has 0 unspecified atom stereocenters. The Labute approximate surface area is 117 Å². The van der Waals surface area contributed by atoms with Crippen LogP contribution in [0, 0.1) is 6.92 Å². The topological polar surface area (TPSA) is 42.9 Å². The summed E-state index contributed by atoms with van der Waals surface area (Å²) in [6.07, 6.45) is -2.67. The highest BCUT2D eigenvalue weighted by Crippen LogP contribution is 2.38. The lowest BCUT2D eigenvalue weighted by atomic mass is 10.1. The summed E-state index contributed by atoms with van der Waals surface area (Å²) < 4.78 is 38.9. The number of nitrogens with zero attached hydrogens (tertiary/aromatic N) is 2. The van der Waals surface area contributed by atoms with Crippen molar-refractivity contribution in [3.63, 3.8) is 0 Å². The fraction of sp³-hybridized carbons (Fsp3) is 0.154. The average Bonchev–Trinajstić information content (AvgIpc) is 2.38. The maximum absolute atomic E-state index is 13.0. The van der Waals surface area contributed by atoms with Crippen molar-refractivity contribution in [2.24, 2.45) is 0 Å². The van der Waals surface area contributed by atoms with Gasteiger partial charge in [0, 0.05) is 22.3 Å². The lowest BCUT2D eigenvalue weighted by Gasteiger charge is -2.12. The van der Waals surface area contributed by atoms with Crippen molar-refractivity contribution in [2.45, 2.75) is 23.2 Å². The van der Waals surface area contributed by atoms with Gasteiger partial charge >= 0.3 is 6.18 Å². The molecule has 0 fully saturated rings. The van der Waals surface area contributed by atoms with Crippen LogP contribution in [0.25, 0.3) is 0 Å². The Balaban J connectivity index is 2.43. The van der Waals surface area contributed by atoms with Crippen LogP contribution < -0.4 is 0 Å². The molecule has 2 rings (SSSR count). The van der Waals surface area contributed by atoms with E-state index in [0.29, 0.717) is 12.0 Å². The van der Waals surface area contributed by atoms with E-state index in [1.165, 1.54) is 18.3 Å². The summed E-state index contributed by atoms with van der Waals surface area (Å²) in [5.41, 5.74) is -0.218. The molecular formula is C13H9F3N2OS. The Morgan fingerprint density at radius 3 is 2.60 bits per heavy atom. The Hall–Kier alpha value is -1.89. The molecule has 1 aromatic carbocycles. The van der Waals surface area contributed by atoms with Crippen LogP contribution in [0.15, 0.2) is 40.5 Å². The van der Waals surface area contributed by atoms with Crippen LogP contribution in [0.2, 0.25) is 0 Å². The van der Waals surface area contributed by atoms with Crippen LogP contribution >= 0.6 is 11.8 Å². The standard InChI is InChI=1S/C13H9F3N2OS/c1-8-4-5-17-12(18-8)20-11-3-2-9(7-19)6-10(11)13(14,15)16/h2-7H,1H3. The fourth-order valence-corrected chi connectivity index (χ4v) is 2.43. The predicted octanol–water partition coefficient (Wildman–Crippen LogP) is 3.77. The number of carbonyl (C=O) groups excluding carboxylic acids is 1. The number of rotatable bonds is 3. The van der Waals surface area contributed by atoms with Gasteiger partial charge in [0.2, 0.25) is 0 Å². The zero-order chi connectivity index (χ0) is 14.8. The number of alkyl halides is 3. The van der Waals surface area contributed by atoms with E-state index in [2.05, 4.69) is 9.97 Å². The maximum Gasteiger partial charge on any atom is 0.417 e. The number of benzene rings is 1. The first-order valence-corrected chi connectivity index (χ1v) is 6.36. The molecule has 0 spiro atoms. The molecule has 0 bridgehead atoms. The van der Waals surface area contributed by atoms with Gasteiger partial charge in [0.15, 0.2) is 5.16 Å². The summed E-state index contributed by atoms with van der Waals surface area (Å²) in [5, 5.41) is 0.231. The molecule has 0 aliphatic rings. The maximum atomic E-state index is 13.0. The number of halogens is 3. The smallest absolute Gasteiger partial charge is 0.298 e. The zero-order valence-corrected chi connectivity index (χ0v) is 11.1. The first-order valence-electron chi connectivity index (χ1n) is 5.54. The summed E-state index contributed by atoms with van der Waals surface area (Å²) in [6.45, 7) is 1.73. The predicted molar refractivity (Wildman–Crippen MR) is 67.7 cm³/mol. The van der Waals surface area contributed by atoms with E-state index in [0.717, 1.165) is 17.8 Å². The molecule has 0 amide bonds. The largest absolute Gasteiger partial charge is 0.417 e. The molecule has 0 saturated carbocycles. The number of aryl methyl sites for hydroxylation is 1. The van der Waals surface area contributed by atoms with E-state index in [9.17, 15) is 18.0 Å². The van der Waals surface area contributed by atoms with Gasteiger partial charge in [0.05, 0.1) is 5.56 Å². The zero-order valence-electron chi connectivity index (χ0n) is 10.3. The van der Waals surface area contributed by atoms with E-state index in [4.69, 9.17) is 0 Å². The van der Waals surface area contributed by atoms with Crippen LogP contribution in [0.3, 0.4) is 0 Å². The Kier molecular flexibility index (Phi) is 4.08. The van der Waals surface area contributed by atoms with Crippen molar-refractivity contribution >= 4 is 18.0 Å². The minimum atomic E-state index is -4.54. The number of hydrogen-bond acceptors (Lipinski definition) is 4. The number of aromatic nitrogens is 2. The van der Waals surface area contributed by atoms with Gasteiger partial charge < -0.3 is 0 Å². The summed E-state index contributed by atoms with van der Waals surface area (Å²) in [4.78, 5) is 18.5. The third kappa shape index (κ3) is 3.36. The van der Waals surface area contributed by atoms with E-state index in [-0.39, 0.29) is 15.6 Å². The molecule has 0 atom stereocenters. The first-order chi connectivity index (χ1) is 9.40. The highest BCUT2D eigenvalue weighted by atomic mass is 32.2. The second kappa shape index (κ2) is 5.62. The van der Waals surface area contributed by atoms with Gasteiger partial charge in [-0.25, -0.2) is 9.97 Å². The molecule has 0 aliphatic heterocycles. The number of aldehydes is 1. The summed E-state index contributed by atoms with van der Waals surface area (Å²) in [6, 6.07) is 5.07. The second-order valence-electron chi connectivity index (χ2n) is 3.95. The normalized spacial score (nSPS) is 11.4. The van der Waals surface area contributed by atoms with E-state index >= 15 is 0 Å². The van der Waals surface area contributed by atoms with E-state index in [1.807, 2.05) is 0 Å². The van der Waals surface area contributed by atoms with E-state index < -0.39 is 11.7 Å². The third-order valence-corrected chi connectivity index (χ3v) is 3.37. The van der Waals surface area contributed by atoms with Crippen LogP contribution in [0.4, 0.5) is 13.2 Å². The summed E-state index contributed by atoms with van der Waals surface area (Å²) in [5.74, 6) is 0. The van der Waals surface area contributed by atoms with Crippen LogP contribution in [0.5, 0.6) is 0 Å². The quantitative estimate of drug-likeness (QED) is 0.639. The monoisotopic (exact) mass is 298 g/mol. The molecule has 0 saturated heterocycles. The van der Waals surface area contributed by atoms with Gasteiger partial charge in [-0.15, -0.1) is 0 Å². The fourth-order valence-electron chi connectivity index (χ4n) is 1.50. The van der Waals surface area contributed by atoms with Gasteiger partial charge in [-0.05, 0) is 36.9 Å². The summed E-state index contributed by atoms with van der Waals surface area (Å²) in [7, 11) is 0. The van der Waals surface area contributed by atoms with Gasteiger partial charge in [-0.1, -0.05) is 6.07 Å². The molecule has 3 nitrogen and oxygen atoms in total. The second-order valence-corrected chi connectivity index (χ2v) is 4.96. The van der Waals surface area contributed by atoms with Gasteiger partial charge in [-0.2, -0.15) is 13.2 Å². The van der Waals surface area contributed by atoms with Gasteiger partial charge in [-0.3, -0.25) is 4.79 Å². The molecule has 1 heterocycles. The molecular weight excluding hydrogens is 289 g/mol. The Bertz CT molecular complexity index is 644. The van der Waals surface area contributed by atoms with Crippen molar-refractivity contribution in [3.8, 4) is 0 Å². The average molecular weight is 298 g/mol. The summed E-state index contributed by atoms with van der Waals surface area (Å²) >= 11 is 0.816. The minimum Gasteiger partial charge on any atom is -0.298 e. The molecule has 2 aromatic rings. The van der Waals surface area contributed by atoms with Gasteiger partial charge in [0.1, 0.15) is 6.29 Å². The molecule has 0 radical (unpaired) electrons. The Morgan fingerprint density at radius 1 is 1.25 bits per heavy atom. The molecule has 0 N–H and O–H groups in total. The van der Waals surface area contributed by atoms with Gasteiger partial charge in [0.25, 0.3) is 0 Å².